The minimum Gasteiger partial charge on any atom is -0.469 e. The normalized spacial score (nSPS) is 14.3. The SMILES string of the molecule is Cc1nc(C)c2c(n1)OCC2=O. The van der Waals surface area contributed by atoms with E-state index >= 15 is 0 Å². The number of aromatic nitrogens is 2. The van der Waals surface area contributed by atoms with E-state index in [0.29, 0.717) is 23.0 Å². The second-order valence-electron chi connectivity index (χ2n) is 2.75. The van der Waals surface area contributed by atoms with E-state index in [1.54, 1.807) is 13.8 Å². The van der Waals surface area contributed by atoms with Crippen LogP contribution in [0.15, 0.2) is 0 Å². The molecule has 1 aliphatic heterocycles. The maximum atomic E-state index is 11.2. The molecule has 2 rings (SSSR count). The summed E-state index contributed by atoms with van der Waals surface area (Å²) in [6.45, 7) is 3.67. The molecule has 0 aliphatic carbocycles. The van der Waals surface area contributed by atoms with E-state index in [0.717, 1.165) is 0 Å². The number of nitrogens with zero attached hydrogens (tertiary/aromatic N) is 2. The summed E-state index contributed by atoms with van der Waals surface area (Å²) in [5.41, 5.74) is 1.25. The summed E-state index contributed by atoms with van der Waals surface area (Å²) < 4.78 is 5.07. The van der Waals surface area contributed by atoms with Crippen molar-refractivity contribution in [2.45, 2.75) is 13.8 Å². The maximum Gasteiger partial charge on any atom is 0.228 e. The molecule has 4 nitrogen and oxygen atoms in total. The first-order valence-electron chi connectivity index (χ1n) is 3.69. The van der Waals surface area contributed by atoms with Gasteiger partial charge in [-0.3, -0.25) is 4.79 Å². The van der Waals surface area contributed by atoms with Gasteiger partial charge in [0, 0.05) is 0 Å². The average molecular weight is 164 g/mol. The highest BCUT2D eigenvalue weighted by molar-refractivity contribution is 6.02. The molecule has 0 N–H and O–H groups in total. The third-order valence-electron chi connectivity index (χ3n) is 1.79. The molecule has 0 amide bonds. The van der Waals surface area contributed by atoms with Crippen LogP contribution in [-0.2, 0) is 0 Å². The van der Waals surface area contributed by atoms with Crippen LogP contribution >= 0.6 is 0 Å². The Labute approximate surface area is 69.6 Å². The Balaban J connectivity index is 2.68. The predicted octanol–water partition coefficient (Wildman–Crippen LogP) is 0.669. The van der Waals surface area contributed by atoms with E-state index in [1.807, 2.05) is 0 Å². The van der Waals surface area contributed by atoms with Crippen molar-refractivity contribution in [2.75, 3.05) is 6.61 Å². The van der Waals surface area contributed by atoms with Gasteiger partial charge in [-0.15, -0.1) is 0 Å². The van der Waals surface area contributed by atoms with Crippen LogP contribution < -0.4 is 4.74 Å². The Morgan fingerprint density at radius 2 is 2.08 bits per heavy atom. The molecule has 0 spiro atoms. The number of rotatable bonds is 0. The van der Waals surface area contributed by atoms with Gasteiger partial charge in [0.2, 0.25) is 11.7 Å². The second-order valence-corrected chi connectivity index (χ2v) is 2.75. The minimum absolute atomic E-state index is 0.0255. The van der Waals surface area contributed by atoms with Gasteiger partial charge in [-0.25, -0.2) is 4.98 Å². The number of hydrogen-bond donors (Lipinski definition) is 0. The number of hydrogen-bond acceptors (Lipinski definition) is 4. The lowest BCUT2D eigenvalue weighted by Crippen LogP contribution is -2.02. The zero-order valence-electron chi connectivity index (χ0n) is 6.92. The topological polar surface area (TPSA) is 52.1 Å². The van der Waals surface area contributed by atoms with Crippen LogP contribution in [0.25, 0.3) is 0 Å². The van der Waals surface area contributed by atoms with Crippen molar-refractivity contribution in [2.24, 2.45) is 0 Å². The highest BCUT2D eigenvalue weighted by atomic mass is 16.5. The van der Waals surface area contributed by atoms with Crippen molar-refractivity contribution in [1.82, 2.24) is 9.97 Å². The Hall–Kier alpha value is -1.45. The molecule has 0 radical (unpaired) electrons. The van der Waals surface area contributed by atoms with Gasteiger partial charge >= 0.3 is 0 Å². The van der Waals surface area contributed by atoms with Crippen LogP contribution in [0.1, 0.15) is 21.9 Å². The molecule has 1 aliphatic rings. The molecule has 0 saturated carbocycles. The molecular formula is C8H8N2O2. The van der Waals surface area contributed by atoms with Crippen molar-refractivity contribution in [1.29, 1.82) is 0 Å². The molecule has 0 aromatic carbocycles. The van der Waals surface area contributed by atoms with Crippen molar-refractivity contribution in [3.63, 3.8) is 0 Å². The van der Waals surface area contributed by atoms with Crippen LogP contribution in [0.2, 0.25) is 0 Å². The second kappa shape index (κ2) is 2.27. The summed E-state index contributed by atoms with van der Waals surface area (Å²) >= 11 is 0. The quantitative estimate of drug-likeness (QED) is 0.565. The van der Waals surface area contributed by atoms with Gasteiger partial charge in [0.05, 0.1) is 5.69 Å². The molecule has 0 bridgehead atoms. The first-order valence-corrected chi connectivity index (χ1v) is 3.69. The molecule has 2 heterocycles. The summed E-state index contributed by atoms with van der Waals surface area (Å²) in [6.07, 6.45) is 0. The first kappa shape index (κ1) is 7.21. The number of carbonyl (C=O) groups is 1. The fourth-order valence-corrected chi connectivity index (χ4v) is 1.31. The Bertz CT molecular complexity index is 360. The molecule has 4 heteroatoms. The predicted molar refractivity (Wildman–Crippen MR) is 41.3 cm³/mol. The van der Waals surface area contributed by atoms with Gasteiger partial charge in [-0.05, 0) is 13.8 Å². The summed E-state index contributed by atoms with van der Waals surface area (Å²) in [6, 6.07) is 0. The van der Waals surface area contributed by atoms with Gasteiger partial charge < -0.3 is 4.74 Å². The largest absolute Gasteiger partial charge is 0.469 e. The molecule has 0 fully saturated rings. The van der Waals surface area contributed by atoms with Crippen LogP contribution in [0, 0.1) is 13.8 Å². The van der Waals surface area contributed by atoms with Crippen molar-refractivity contribution in [3.8, 4) is 5.88 Å². The molecule has 0 saturated heterocycles. The van der Waals surface area contributed by atoms with Crippen LogP contribution in [-0.4, -0.2) is 22.4 Å². The van der Waals surface area contributed by atoms with Crippen molar-refractivity contribution in [3.05, 3.63) is 17.1 Å². The monoisotopic (exact) mass is 164 g/mol. The number of ketones is 1. The van der Waals surface area contributed by atoms with E-state index < -0.39 is 0 Å². The summed E-state index contributed by atoms with van der Waals surface area (Å²) in [7, 11) is 0. The first-order chi connectivity index (χ1) is 5.68. The van der Waals surface area contributed by atoms with Crippen LogP contribution in [0.4, 0.5) is 0 Å². The van der Waals surface area contributed by atoms with E-state index in [1.165, 1.54) is 0 Å². The Morgan fingerprint density at radius 3 is 2.83 bits per heavy atom. The van der Waals surface area contributed by atoms with Gasteiger partial charge in [-0.1, -0.05) is 0 Å². The number of aryl methyl sites for hydroxylation is 2. The average Bonchev–Trinajstić information content (AvgIpc) is 2.31. The van der Waals surface area contributed by atoms with E-state index in [9.17, 15) is 4.79 Å². The van der Waals surface area contributed by atoms with E-state index in [-0.39, 0.29) is 12.4 Å². The van der Waals surface area contributed by atoms with Crippen LogP contribution in [0.3, 0.4) is 0 Å². The fourth-order valence-electron chi connectivity index (χ4n) is 1.31. The lowest BCUT2D eigenvalue weighted by atomic mass is 10.2. The summed E-state index contributed by atoms with van der Waals surface area (Å²) in [4.78, 5) is 19.3. The zero-order valence-corrected chi connectivity index (χ0v) is 6.92. The third-order valence-corrected chi connectivity index (χ3v) is 1.79. The Kier molecular flexibility index (Phi) is 1.36. The minimum atomic E-state index is -0.0255. The summed E-state index contributed by atoms with van der Waals surface area (Å²) in [5, 5.41) is 0. The van der Waals surface area contributed by atoms with Crippen molar-refractivity contribution < 1.29 is 9.53 Å². The fraction of sp³-hybridized carbons (Fsp3) is 0.375. The van der Waals surface area contributed by atoms with Crippen LogP contribution in [0.5, 0.6) is 5.88 Å². The highest BCUT2D eigenvalue weighted by Gasteiger charge is 2.25. The number of Topliss-reactive ketones (excluding diaryl/α,β-unsaturated/α-hetero) is 1. The Morgan fingerprint density at radius 1 is 1.33 bits per heavy atom. The lowest BCUT2D eigenvalue weighted by molar-refractivity contribution is 0.0960. The summed E-state index contributed by atoms with van der Waals surface area (Å²) in [5.74, 6) is 1.05. The smallest absolute Gasteiger partial charge is 0.228 e. The van der Waals surface area contributed by atoms with Crippen molar-refractivity contribution >= 4 is 5.78 Å². The van der Waals surface area contributed by atoms with Gasteiger partial charge in [0.1, 0.15) is 11.4 Å². The molecule has 0 unspecified atom stereocenters. The van der Waals surface area contributed by atoms with Gasteiger partial charge in [0.15, 0.2) is 6.61 Å². The highest BCUT2D eigenvalue weighted by Crippen LogP contribution is 2.24. The van der Waals surface area contributed by atoms with Gasteiger partial charge in [-0.2, -0.15) is 4.98 Å². The molecule has 0 atom stereocenters. The molecule has 62 valence electrons. The number of carbonyl (C=O) groups excluding carboxylic acids is 1. The standard InChI is InChI=1S/C8H8N2O2/c1-4-7-6(11)3-12-8(7)10-5(2)9-4/h3H2,1-2H3. The number of ether oxygens (including phenoxy) is 1. The molecule has 1 aromatic rings. The van der Waals surface area contributed by atoms with E-state index in [4.69, 9.17) is 4.74 Å². The van der Waals surface area contributed by atoms with E-state index in [2.05, 4.69) is 9.97 Å². The lowest BCUT2D eigenvalue weighted by Gasteiger charge is -1.99. The number of fused-ring (bicyclic) bond motifs is 1. The zero-order chi connectivity index (χ0) is 8.72. The molecule has 12 heavy (non-hydrogen) atoms. The van der Waals surface area contributed by atoms with Gasteiger partial charge in [0.25, 0.3) is 0 Å². The molecular weight excluding hydrogens is 156 g/mol. The maximum absolute atomic E-state index is 11.2. The third kappa shape index (κ3) is 0.879. The molecule has 1 aromatic heterocycles.